The van der Waals surface area contributed by atoms with E-state index in [1.54, 1.807) is 11.3 Å². The summed E-state index contributed by atoms with van der Waals surface area (Å²) in [6.45, 7) is 2.57. The van der Waals surface area contributed by atoms with Crippen molar-refractivity contribution < 1.29 is 14.3 Å². The van der Waals surface area contributed by atoms with Crippen molar-refractivity contribution in [2.45, 2.75) is 18.1 Å². The number of carbonyl (C=O) groups excluding carboxylic acids is 1. The van der Waals surface area contributed by atoms with E-state index in [1.807, 2.05) is 55.0 Å². The highest BCUT2D eigenvalue weighted by Crippen LogP contribution is 2.31. The predicted octanol–water partition coefficient (Wildman–Crippen LogP) is 3.81. The lowest BCUT2D eigenvalue weighted by molar-refractivity contribution is 0.0786. The molecule has 144 valence electrons. The molecule has 1 amide bonds. The van der Waals surface area contributed by atoms with Gasteiger partial charge in [0, 0.05) is 0 Å². The van der Waals surface area contributed by atoms with Gasteiger partial charge in [-0.05, 0) is 36.8 Å². The summed E-state index contributed by atoms with van der Waals surface area (Å²) in [6, 6.07) is 11.5. The third-order valence-electron chi connectivity index (χ3n) is 4.28. The number of carbonyl (C=O) groups is 1. The molecule has 0 fully saturated rings. The van der Waals surface area contributed by atoms with Crippen molar-refractivity contribution in [3.05, 3.63) is 53.0 Å². The summed E-state index contributed by atoms with van der Waals surface area (Å²) in [7, 11) is 0. The lowest BCUT2D eigenvalue weighted by Crippen LogP contribution is -2.41. The zero-order valence-electron chi connectivity index (χ0n) is 15.5. The van der Waals surface area contributed by atoms with Crippen molar-refractivity contribution in [2.24, 2.45) is 0 Å². The normalized spacial score (nSPS) is 15.3. The lowest BCUT2D eigenvalue weighted by atomic mass is 10.2. The average molecular weight is 414 g/mol. The average Bonchev–Trinajstić information content (AvgIpc) is 3.26. The molecule has 4 rings (SSSR count). The van der Waals surface area contributed by atoms with Crippen molar-refractivity contribution in [1.29, 1.82) is 0 Å². The van der Waals surface area contributed by atoms with E-state index in [0.717, 1.165) is 10.6 Å². The highest BCUT2D eigenvalue weighted by molar-refractivity contribution is 7.98. The number of thioether (sulfide) groups is 1. The summed E-state index contributed by atoms with van der Waals surface area (Å²) in [6.07, 6.45) is 1.66. The number of para-hydroxylation sites is 2. The second-order valence-electron chi connectivity index (χ2n) is 6.20. The summed E-state index contributed by atoms with van der Waals surface area (Å²) in [4.78, 5) is 22.9. The van der Waals surface area contributed by atoms with Gasteiger partial charge in [-0.25, -0.2) is 9.97 Å². The van der Waals surface area contributed by atoms with E-state index in [9.17, 15) is 4.79 Å². The van der Waals surface area contributed by atoms with Crippen LogP contribution in [-0.2, 0) is 0 Å². The van der Waals surface area contributed by atoms with Crippen LogP contribution >= 0.6 is 23.1 Å². The van der Waals surface area contributed by atoms with Crippen LogP contribution < -0.4 is 14.8 Å². The second-order valence-corrected chi connectivity index (χ2v) is 7.94. The molecule has 0 saturated carbocycles. The monoisotopic (exact) mass is 413 g/mol. The number of rotatable bonds is 5. The molecule has 2 aromatic heterocycles. The Morgan fingerprint density at radius 2 is 2.07 bits per heavy atom. The van der Waals surface area contributed by atoms with Gasteiger partial charge in [0.15, 0.2) is 17.3 Å². The van der Waals surface area contributed by atoms with Crippen LogP contribution in [0.2, 0.25) is 0 Å². The SMILES string of the molecule is CSc1nc(-c2cccs2)nc(C)c1C(=O)NCC1COc2ccccc2O1. The largest absolute Gasteiger partial charge is 0.486 e. The van der Waals surface area contributed by atoms with Crippen LogP contribution in [0.25, 0.3) is 10.7 Å². The Kier molecular flexibility index (Phi) is 5.50. The zero-order chi connectivity index (χ0) is 19.5. The molecule has 1 aromatic carbocycles. The van der Waals surface area contributed by atoms with Crippen molar-refractivity contribution in [3.8, 4) is 22.2 Å². The lowest BCUT2D eigenvalue weighted by Gasteiger charge is -2.26. The van der Waals surface area contributed by atoms with Gasteiger partial charge in [0.25, 0.3) is 5.91 Å². The standard InChI is InChI=1S/C20H19N3O3S2/c1-12-17(20(27-2)23-18(22-12)16-8-5-9-28-16)19(24)21-10-13-11-25-14-6-3-4-7-15(14)26-13/h3-9,13H,10-11H2,1-2H3,(H,21,24). The molecule has 0 aliphatic carbocycles. The van der Waals surface area contributed by atoms with Crippen LogP contribution in [0.5, 0.6) is 11.5 Å². The molecule has 1 atom stereocenters. The first kappa shape index (κ1) is 18.8. The van der Waals surface area contributed by atoms with Gasteiger partial charge < -0.3 is 14.8 Å². The van der Waals surface area contributed by atoms with Crippen molar-refractivity contribution in [1.82, 2.24) is 15.3 Å². The molecule has 1 N–H and O–H groups in total. The van der Waals surface area contributed by atoms with Crippen LogP contribution in [0.1, 0.15) is 16.1 Å². The van der Waals surface area contributed by atoms with Crippen LogP contribution in [-0.4, -0.2) is 41.4 Å². The number of amides is 1. The predicted molar refractivity (Wildman–Crippen MR) is 111 cm³/mol. The molecular weight excluding hydrogens is 394 g/mol. The first-order valence-electron chi connectivity index (χ1n) is 8.79. The van der Waals surface area contributed by atoms with Crippen molar-refractivity contribution >= 4 is 29.0 Å². The van der Waals surface area contributed by atoms with Gasteiger partial charge in [-0.1, -0.05) is 18.2 Å². The number of ether oxygens (including phenoxy) is 2. The minimum absolute atomic E-state index is 0.206. The van der Waals surface area contributed by atoms with Crippen LogP contribution in [0.3, 0.4) is 0 Å². The number of fused-ring (bicyclic) bond motifs is 1. The maximum Gasteiger partial charge on any atom is 0.256 e. The molecule has 3 aromatic rings. The first-order valence-corrected chi connectivity index (χ1v) is 10.9. The Hall–Kier alpha value is -2.58. The molecule has 28 heavy (non-hydrogen) atoms. The van der Waals surface area contributed by atoms with Gasteiger partial charge in [-0.15, -0.1) is 23.1 Å². The van der Waals surface area contributed by atoms with Gasteiger partial charge in [0.2, 0.25) is 0 Å². The molecule has 0 spiro atoms. The molecular formula is C20H19N3O3S2. The highest BCUT2D eigenvalue weighted by Gasteiger charge is 2.24. The number of nitrogens with zero attached hydrogens (tertiary/aromatic N) is 2. The molecule has 1 aliphatic rings. The first-order chi connectivity index (χ1) is 13.7. The molecule has 1 aliphatic heterocycles. The minimum Gasteiger partial charge on any atom is -0.486 e. The van der Waals surface area contributed by atoms with Gasteiger partial charge in [-0.2, -0.15) is 0 Å². The number of hydrogen-bond donors (Lipinski definition) is 1. The number of aromatic nitrogens is 2. The second kappa shape index (κ2) is 8.20. The Bertz CT molecular complexity index is 992. The van der Waals surface area contributed by atoms with Gasteiger partial charge in [0.05, 0.1) is 22.7 Å². The molecule has 3 heterocycles. The van der Waals surface area contributed by atoms with Crippen molar-refractivity contribution in [3.63, 3.8) is 0 Å². The number of aryl methyl sites for hydroxylation is 1. The molecule has 0 saturated heterocycles. The van der Waals surface area contributed by atoms with E-state index in [2.05, 4.69) is 15.3 Å². The fraction of sp³-hybridized carbons (Fsp3) is 0.250. The molecule has 0 radical (unpaired) electrons. The molecule has 6 nitrogen and oxygen atoms in total. The van der Waals surface area contributed by atoms with Gasteiger partial charge in [0.1, 0.15) is 17.7 Å². The maximum atomic E-state index is 12.8. The quantitative estimate of drug-likeness (QED) is 0.507. The topological polar surface area (TPSA) is 73.3 Å². The third kappa shape index (κ3) is 3.83. The molecule has 8 heteroatoms. The van der Waals surface area contributed by atoms with Crippen LogP contribution in [0, 0.1) is 6.92 Å². The Morgan fingerprint density at radius 3 is 2.82 bits per heavy atom. The smallest absolute Gasteiger partial charge is 0.256 e. The minimum atomic E-state index is -0.247. The van der Waals surface area contributed by atoms with E-state index < -0.39 is 0 Å². The molecule has 1 unspecified atom stereocenters. The van der Waals surface area contributed by atoms with Crippen LogP contribution in [0.15, 0.2) is 46.8 Å². The third-order valence-corrected chi connectivity index (χ3v) is 5.82. The highest BCUT2D eigenvalue weighted by atomic mass is 32.2. The van der Waals surface area contributed by atoms with E-state index in [0.29, 0.717) is 41.0 Å². The number of nitrogens with one attached hydrogen (secondary N) is 1. The maximum absolute atomic E-state index is 12.8. The zero-order valence-corrected chi connectivity index (χ0v) is 17.1. The Balaban J connectivity index is 1.48. The number of benzene rings is 1. The van der Waals surface area contributed by atoms with Crippen LogP contribution in [0.4, 0.5) is 0 Å². The Morgan fingerprint density at radius 1 is 1.25 bits per heavy atom. The van der Waals surface area contributed by atoms with Crippen molar-refractivity contribution in [2.75, 3.05) is 19.4 Å². The van der Waals surface area contributed by atoms with Gasteiger partial charge >= 0.3 is 0 Å². The fourth-order valence-corrected chi connectivity index (χ4v) is 4.21. The van der Waals surface area contributed by atoms with E-state index in [1.165, 1.54) is 11.8 Å². The number of hydrogen-bond acceptors (Lipinski definition) is 7. The fourth-order valence-electron chi connectivity index (χ4n) is 2.93. The Labute approximate surface area is 171 Å². The summed E-state index contributed by atoms with van der Waals surface area (Å²) < 4.78 is 11.6. The number of thiophene rings is 1. The summed E-state index contributed by atoms with van der Waals surface area (Å²) in [5.41, 5.74) is 1.16. The van der Waals surface area contributed by atoms with E-state index in [-0.39, 0.29) is 12.0 Å². The summed E-state index contributed by atoms with van der Waals surface area (Å²) >= 11 is 3.01. The summed E-state index contributed by atoms with van der Waals surface area (Å²) in [5, 5.41) is 5.58. The summed E-state index contributed by atoms with van der Waals surface area (Å²) in [5.74, 6) is 1.86. The molecule has 0 bridgehead atoms. The van der Waals surface area contributed by atoms with E-state index in [4.69, 9.17) is 9.47 Å². The van der Waals surface area contributed by atoms with Gasteiger partial charge in [-0.3, -0.25) is 4.79 Å². The van der Waals surface area contributed by atoms with E-state index >= 15 is 0 Å².